The molecule has 0 fully saturated rings. The van der Waals surface area contributed by atoms with Crippen LogP contribution in [0.15, 0.2) is 46.2 Å². The molecule has 0 aromatic heterocycles. The number of halogens is 2. The van der Waals surface area contributed by atoms with Crippen molar-refractivity contribution in [3.8, 4) is 6.07 Å². The Morgan fingerprint density at radius 1 is 1.11 bits per heavy atom. The smallest absolute Gasteiger partial charge is 0.100 e. The molecule has 0 saturated carbocycles. The van der Waals surface area contributed by atoms with E-state index in [0.29, 0.717) is 15.6 Å². The number of aliphatic hydroxyl groups excluding tert-OH is 1. The van der Waals surface area contributed by atoms with E-state index >= 15 is 0 Å². The zero-order valence-corrected chi connectivity index (χ0v) is 12.1. The third-order valence-electron chi connectivity index (χ3n) is 2.47. The highest BCUT2D eigenvalue weighted by atomic mass is 35.5. The normalized spacial score (nSPS) is 10.2. The molecule has 2 aromatic carbocycles. The molecule has 2 rings (SSSR count). The molecule has 2 nitrogen and oxygen atoms in total. The number of hydrogen-bond donors (Lipinski definition) is 1. The molecule has 0 aliphatic carbocycles. The highest BCUT2D eigenvalue weighted by molar-refractivity contribution is 7.99. The van der Waals surface area contributed by atoms with Crippen LogP contribution in [0.1, 0.15) is 11.1 Å². The van der Waals surface area contributed by atoms with Crippen molar-refractivity contribution < 1.29 is 5.11 Å². The van der Waals surface area contributed by atoms with Gasteiger partial charge in [0.25, 0.3) is 0 Å². The van der Waals surface area contributed by atoms with Crippen molar-refractivity contribution >= 4 is 35.0 Å². The molecule has 96 valence electrons. The molecular formula is C14H9Cl2NOS. The van der Waals surface area contributed by atoms with Crippen molar-refractivity contribution in [2.24, 2.45) is 0 Å². The standard InChI is InChI=1S/C14H9Cl2NOS/c15-12-3-2-11(6-13(12)16)19-14-4-1-9(8-18)5-10(14)7-17/h1-6,18H,8H2. The van der Waals surface area contributed by atoms with Crippen LogP contribution >= 0.6 is 35.0 Å². The predicted octanol–water partition coefficient (Wildman–Crippen LogP) is 4.51. The SMILES string of the molecule is N#Cc1cc(CO)ccc1Sc1ccc(Cl)c(Cl)c1. The van der Waals surface area contributed by atoms with E-state index in [2.05, 4.69) is 6.07 Å². The summed E-state index contributed by atoms with van der Waals surface area (Å²) in [7, 11) is 0. The second-order valence-corrected chi connectivity index (χ2v) is 5.71. The van der Waals surface area contributed by atoms with Crippen LogP contribution in [-0.4, -0.2) is 5.11 Å². The van der Waals surface area contributed by atoms with Gasteiger partial charge in [-0.25, -0.2) is 0 Å². The van der Waals surface area contributed by atoms with E-state index in [1.165, 1.54) is 11.8 Å². The molecule has 0 aliphatic rings. The van der Waals surface area contributed by atoms with Crippen LogP contribution in [0.4, 0.5) is 0 Å². The summed E-state index contributed by atoms with van der Waals surface area (Å²) in [5.74, 6) is 0. The average Bonchev–Trinajstić information content (AvgIpc) is 2.43. The molecule has 19 heavy (non-hydrogen) atoms. The molecule has 1 N–H and O–H groups in total. The van der Waals surface area contributed by atoms with Crippen LogP contribution in [0.5, 0.6) is 0 Å². The first-order chi connectivity index (χ1) is 9.13. The van der Waals surface area contributed by atoms with Crippen molar-refractivity contribution in [3.63, 3.8) is 0 Å². The van der Waals surface area contributed by atoms with Crippen LogP contribution in [0, 0.1) is 11.3 Å². The first-order valence-electron chi connectivity index (χ1n) is 5.41. The third-order valence-corrected chi connectivity index (χ3v) is 4.27. The molecule has 0 amide bonds. The zero-order valence-electron chi connectivity index (χ0n) is 9.73. The van der Waals surface area contributed by atoms with Crippen molar-refractivity contribution in [3.05, 3.63) is 57.6 Å². The Hall–Kier alpha value is -1.18. The van der Waals surface area contributed by atoms with Gasteiger partial charge in [0.1, 0.15) is 6.07 Å². The Morgan fingerprint density at radius 2 is 1.89 bits per heavy atom. The van der Waals surface area contributed by atoms with Gasteiger partial charge < -0.3 is 5.11 Å². The third kappa shape index (κ3) is 3.43. The van der Waals surface area contributed by atoms with Crippen molar-refractivity contribution in [1.82, 2.24) is 0 Å². The van der Waals surface area contributed by atoms with Gasteiger partial charge >= 0.3 is 0 Å². The summed E-state index contributed by atoms with van der Waals surface area (Å²) in [5, 5.41) is 19.2. The van der Waals surface area contributed by atoms with Gasteiger partial charge in [-0.2, -0.15) is 5.26 Å². The lowest BCUT2D eigenvalue weighted by Gasteiger charge is -2.06. The molecule has 0 atom stereocenters. The van der Waals surface area contributed by atoms with Gasteiger partial charge in [-0.1, -0.05) is 41.0 Å². The lowest BCUT2D eigenvalue weighted by atomic mass is 10.1. The molecule has 5 heteroatoms. The van der Waals surface area contributed by atoms with Gasteiger partial charge in [0.05, 0.1) is 22.2 Å². The lowest BCUT2D eigenvalue weighted by Crippen LogP contribution is -1.87. The first-order valence-corrected chi connectivity index (χ1v) is 6.98. The van der Waals surface area contributed by atoms with Crippen LogP contribution in [0.2, 0.25) is 10.0 Å². The summed E-state index contributed by atoms with van der Waals surface area (Å²) in [5.41, 5.74) is 1.25. The minimum Gasteiger partial charge on any atom is -0.392 e. The molecule has 0 bridgehead atoms. The first kappa shape index (κ1) is 14.2. The predicted molar refractivity (Wildman–Crippen MR) is 77.7 cm³/mol. The second-order valence-electron chi connectivity index (χ2n) is 3.78. The van der Waals surface area contributed by atoms with E-state index < -0.39 is 0 Å². The number of rotatable bonds is 3. The Balaban J connectivity index is 2.33. The minimum absolute atomic E-state index is 0.0770. The van der Waals surface area contributed by atoms with E-state index in [1.54, 1.807) is 24.3 Å². The Bertz CT molecular complexity index is 652. The van der Waals surface area contributed by atoms with E-state index in [0.717, 1.165) is 15.4 Å². The summed E-state index contributed by atoms with van der Waals surface area (Å²) in [6.45, 7) is -0.0770. The molecule has 0 heterocycles. The highest BCUT2D eigenvalue weighted by Gasteiger charge is 2.07. The molecule has 0 aliphatic heterocycles. The number of hydrogen-bond acceptors (Lipinski definition) is 3. The molecule has 0 unspecified atom stereocenters. The van der Waals surface area contributed by atoms with E-state index in [4.69, 9.17) is 33.6 Å². The largest absolute Gasteiger partial charge is 0.392 e. The van der Waals surface area contributed by atoms with Gasteiger partial charge in [-0.3, -0.25) is 0 Å². The maximum atomic E-state index is 9.12. The molecule has 0 radical (unpaired) electrons. The quantitative estimate of drug-likeness (QED) is 0.907. The van der Waals surface area contributed by atoms with Gasteiger partial charge in [0.2, 0.25) is 0 Å². The number of aliphatic hydroxyl groups is 1. The summed E-state index contributed by atoms with van der Waals surface area (Å²) >= 11 is 13.3. The van der Waals surface area contributed by atoms with Crippen molar-refractivity contribution in [2.45, 2.75) is 16.4 Å². The highest BCUT2D eigenvalue weighted by Crippen LogP contribution is 2.34. The maximum Gasteiger partial charge on any atom is 0.100 e. The number of nitriles is 1. The fraction of sp³-hybridized carbons (Fsp3) is 0.0714. The molecular weight excluding hydrogens is 301 g/mol. The number of nitrogens with zero attached hydrogens (tertiary/aromatic N) is 1. The monoisotopic (exact) mass is 309 g/mol. The number of benzene rings is 2. The Labute approximate surface area is 125 Å². The van der Waals surface area contributed by atoms with E-state index in [1.807, 2.05) is 12.1 Å². The summed E-state index contributed by atoms with van der Waals surface area (Å²) < 4.78 is 0. The van der Waals surface area contributed by atoms with Crippen LogP contribution in [0.25, 0.3) is 0 Å². The Kier molecular flexibility index (Phi) is 4.73. The van der Waals surface area contributed by atoms with Crippen molar-refractivity contribution in [1.29, 1.82) is 5.26 Å². The molecule has 0 spiro atoms. The van der Waals surface area contributed by atoms with E-state index in [-0.39, 0.29) is 6.61 Å². The van der Waals surface area contributed by atoms with Crippen molar-refractivity contribution in [2.75, 3.05) is 0 Å². The summed E-state index contributed by atoms with van der Waals surface area (Å²) in [6, 6.07) is 12.7. The second kappa shape index (κ2) is 6.31. The van der Waals surface area contributed by atoms with Crippen LogP contribution in [-0.2, 0) is 6.61 Å². The zero-order chi connectivity index (χ0) is 13.8. The Morgan fingerprint density at radius 3 is 2.53 bits per heavy atom. The van der Waals surface area contributed by atoms with Crippen LogP contribution < -0.4 is 0 Å². The molecule has 2 aromatic rings. The summed E-state index contributed by atoms with van der Waals surface area (Å²) in [6.07, 6.45) is 0. The van der Waals surface area contributed by atoms with E-state index in [9.17, 15) is 0 Å². The maximum absolute atomic E-state index is 9.12. The molecule has 0 saturated heterocycles. The minimum atomic E-state index is -0.0770. The topological polar surface area (TPSA) is 44.0 Å². The summed E-state index contributed by atoms with van der Waals surface area (Å²) in [4.78, 5) is 1.72. The lowest BCUT2D eigenvalue weighted by molar-refractivity contribution is 0.281. The fourth-order valence-electron chi connectivity index (χ4n) is 1.52. The van der Waals surface area contributed by atoms with Gasteiger partial charge in [0, 0.05) is 9.79 Å². The van der Waals surface area contributed by atoms with Gasteiger partial charge in [-0.15, -0.1) is 0 Å². The van der Waals surface area contributed by atoms with Gasteiger partial charge in [-0.05, 0) is 35.9 Å². The van der Waals surface area contributed by atoms with Crippen LogP contribution in [0.3, 0.4) is 0 Å². The average molecular weight is 310 g/mol. The van der Waals surface area contributed by atoms with Gasteiger partial charge in [0.15, 0.2) is 0 Å². The fourth-order valence-corrected chi connectivity index (χ4v) is 2.80.